The van der Waals surface area contributed by atoms with Gasteiger partial charge in [0.25, 0.3) is 0 Å². The van der Waals surface area contributed by atoms with Crippen LogP contribution in [0.15, 0.2) is 48.5 Å². The number of amides is 1. The fourth-order valence-electron chi connectivity index (χ4n) is 3.03. The fraction of sp³-hybridized carbons (Fsp3) is 0.263. The molecule has 1 amide bonds. The minimum atomic E-state index is -0.393. The number of carbonyl (C=O) groups excluding carboxylic acids is 2. The van der Waals surface area contributed by atoms with E-state index in [1.54, 1.807) is 24.3 Å². The largest absolute Gasteiger partial charge is 0.465 e. The average molecular weight is 324 g/mol. The molecule has 5 nitrogen and oxygen atoms in total. The van der Waals surface area contributed by atoms with Crippen molar-refractivity contribution in [1.82, 2.24) is 0 Å². The van der Waals surface area contributed by atoms with E-state index in [1.165, 1.54) is 12.7 Å². The number of rotatable bonds is 4. The first kappa shape index (κ1) is 16.1. The van der Waals surface area contributed by atoms with E-state index in [0.717, 1.165) is 12.1 Å². The minimum Gasteiger partial charge on any atom is -0.465 e. The highest BCUT2D eigenvalue weighted by atomic mass is 16.5. The number of esters is 1. The van der Waals surface area contributed by atoms with Gasteiger partial charge in [0, 0.05) is 17.4 Å². The number of ether oxygens (including phenoxy) is 1. The summed E-state index contributed by atoms with van der Waals surface area (Å²) in [5.74, 6) is -0.472. The summed E-state index contributed by atoms with van der Waals surface area (Å²) in [6, 6.07) is 15.1. The maximum Gasteiger partial charge on any atom is 0.337 e. The van der Waals surface area contributed by atoms with Crippen LogP contribution in [0.3, 0.4) is 0 Å². The van der Waals surface area contributed by atoms with E-state index >= 15 is 0 Å². The van der Waals surface area contributed by atoms with Gasteiger partial charge in [-0.05, 0) is 49.2 Å². The lowest BCUT2D eigenvalue weighted by atomic mass is 10.1. The number of anilines is 2. The Labute approximate surface area is 141 Å². The van der Waals surface area contributed by atoms with E-state index in [2.05, 4.69) is 34.0 Å². The zero-order valence-corrected chi connectivity index (χ0v) is 13.8. The predicted octanol–water partition coefficient (Wildman–Crippen LogP) is 2.86. The third-order valence-corrected chi connectivity index (χ3v) is 4.25. The number of hydrogen-bond acceptors (Lipinski definition) is 4. The van der Waals surface area contributed by atoms with Crippen molar-refractivity contribution in [2.45, 2.75) is 19.4 Å². The number of nitrogens with zero attached hydrogens (tertiary/aromatic N) is 1. The topological polar surface area (TPSA) is 58.6 Å². The molecule has 0 aromatic heterocycles. The van der Waals surface area contributed by atoms with Crippen LogP contribution in [0.25, 0.3) is 0 Å². The van der Waals surface area contributed by atoms with Crippen molar-refractivity contribution in [2.24, 2.45) is 0 Å². The fourth-order valence-corrected chi connectivity index (χ4v) is 3.03. The van der Waals surface area contributed by atoms with Gasteiger partial charge in [0.2, 0.25) is 5.91 Å². The molecule has 0 saturated heterocycles. The molecule has 124 valence electrons. The van der Waals surface area contributed by atoms with Crippen LogP contribution in [0, 0.1) is 0 Å². The van der Waals surface area contributed by atoms with Gasteiger partial charge in [0.05, 0.1) is 19.2 Å². The first-order valence-electron chi connectivity index (χ1n) is 7.91. The lowest BCUT2D eigenvalue weighted by molar-refractivity contribution is -0.115. The first-order valence-corrected chi connectivity index (χ1v) is 7.91. The van der Waals surface area contributed by atoms with Gasteiger partial charge in [-0.25, -0.2) is 4.79 Å². The van der Waals surface area contributed by atoms with Crippen LogP contribution in [-0.2, 0) is 16.0 Å². The van der Waals surface area contributed by atoms with Gasteiger partial charge >= 0.3 is 5.97 Å². The van der Waals surface area contributed by atoms with Gasteiger partial charge in [0.15, 0.2) is 0 Å². The monoisotopic (exact) mass is 324 g/mol. The highest BCUT2D eigenvalue weighted by Gasteiger charge is 2.26. The zero-order chi connectivity index (χ0) is 17.1. The summed E-state index contributed by atoms with van der Waals surface area (Å²) >= 11 is 0. The van der Waals surface area contributed by atoms with Crippen LogP contribution in [0.4, 0.5) is 11.4 Å². The number of para-hydroxylation sites is 1. The molecule has 0 spiro atoms. The molecule has 1 aliphatic rings. The summed E-state index contributed by atoms with van der Waals surface area (Å²) in [5, 5.41) is 2.87. The van der Waals surface area contributed by atoms with Gasteiger partial charge < -0.3 is 15.0 Å². The van der Waals surface area contributed by atoms with Crippen molar-refractivity contribution in [3.05, 3.63) is 59.7 Å². The summed E-state index contributed by atoms with van der Waals surface area (Å²) in [6.07, 6.45) is 0.956. The molecular weight excluding hydrogens is 304 g/mol. The van der Waals surface area contributed by atoms with Crippen LogP contribution in [0.2, 0.25) is 0 Å². The molecular formula is C19H20N2O3. The second-order valence-corrected chi connectivity index (χ2v) is 5.93. The molecule has 1 atom stereocenters. The summed E-state index contributed by atoms with van der Waals surface area (Å²) in [5.41, 5.74) is 3.52. The Kier molecular flexibility index (Phi) is 4.51. The standard InChI is InChI=1S/C19H20N2O3/c1-13-11-15-5-3-4-6-17(15)21(13)12-18(22)20-16-9-7-14(8-10-16)19(23)24-2/h3-10,13H,11-12H2,1-2H3,(H,20,22)/t13-/m0/s1. The highest BCUT2D eigenvalue weighted by Crippen LogP contribution is 2.31. The Balaban J connectivity index is 1.65. The van der Waals surface area contributed by atoms with Gasteiger partial charge in [-0.2, -0.15) is 0 Å². The molecule has 0 saturated carbocycles. The summed E-state index contributed by atoms with van der Waals surface area (Å²) in [6.45, 7) is 2.43. The summed E-state index contributed by atoms with van der Waals surface area (Å²) < 4.78 is 4.66. The van der Waals surface area contributed by atoms with Crippen LogP contribution in [-0.4, -0.2) is 31.6 Å². The zero-order valence-electron chi connectivity index (χ0n) is 13.8. The molecule has 24 heavy (non-hydrogen) atoms. The normalized spacial score (nSPS) is 15.8. The third kappa shape index (κ3) is 3.25. The molecule has 1 N–H and O–H groups in total. The molecule has 5 heteroatoms. The van der Waals surface area contributed by atoms with E-state index in [4.69, 9.17) is 0 Å². The van der Waals surface area contributed by atoms with Crippen molar-refractivity contribution < 1.29 is 14.3 Å². The van der Waals surface area contributed by atoms with Crippen molar-refractivity contribution in [3.8, 4) is 0 Å². The number of methoxy groups -OCH3 is 1. The third-order valence-electron chi connectivity index (χ3n) is 4.25. The maximum absolute atomic E-state index is 12.4. The highest BCUT2D eigenvalue weighted by molar-refractivity contribution is 5.95. The molecule has 0 aliphatic carbocycles. The Bertz CT molecular complexity index is 755. The molecule has 2 aromatic rings. The second kappa shape index (κ2) is 6.74. The van der Waals surface area contributed by atoms with Crippen molar-refractivity contribution >= 4 is 23.3 Å². The quantitative estimate of drug-likeness (QED) is 0.879. The van der Waals surface area contributed by atoms with E-state index in [9.17, 15) is 9.59 Å². The molecule has 2 aromatic carbocycles. The SMILES string of the molecule is COC(=O)c1ccc(NC(=O)CN2c3ccccc3C[C@@H]2C)cc1. The van der Waals surface area contributed by atoms with Crippen molar-refractivity contribution in [3.63, 3.8) is 0 Å². The molecule has 0 bridgehead atoms. The number of hydrogen-bond donors (Lipinski definition) is 1. The predicted molar refractivity (Wildman–Crippen MR) is 93.4 cm³/mol. The van der Waals surface area contributed by atoms with E-state index in [0.29, 0.717) is 23.8 Å². The Hall–Kier alpha value is -2.82. The molecule has 1 aliphatic heterocycles. The van der Waals surface area contributed by atoms with Crippen LogP contribution >= 0.6 is 0 Å². The van der Waals surface area contributed by atoms with E-state index in [-0.39, 0.29) is 5.91 Å². The first-order chi connectivity index (χ1) is 11.6. The van der Waals surface area contributed by atoms with Crippen LogP contribution in [0.1, 0.15) is 22.8 Å². The Morgan fingerprint density at radius 1 is 1.17 bits per heavy atom. The molecule has 1 heterocycles. The second-order valence-electron chi connectivity index (χ2n) is 5.93. The molecule has 0 unspecified atom stereocenters. The Morgan fingerprint density at radius 2 is 1.88 bits per heavy atom. The lowest BCUT2D eigenvalue weighted by Crippen LogP contribution is -2.37. The Morgan fingerprint density at radius 3 is 2.58 bits per heavy atom. The smallest absolute Gasteiger partial charge is 0.337 e. The van der Waals surface area contributed by atoms with Crippen LogP contribution in [0.5, 0.6) is 0 Å². The van der Waals surface area contributed by atoms with Gasteiger partial charge in [-0.3, -0.25) is 4.79 Å². The summed E-state index contributed by atoms with van der Waals surface area (Å²) in [7, 11) is 1.34. The van der Waals surface area contributed by atoms with Gasteiger partial charge in [-0.1, -0.05) is 18.2 Å². The number of fused-ring (bicyclic) bond motifs is 1. The summed E-state index contributed by atoms with van der Waals surface area (Å²) in [4.78, 5) is 25.9. The van der Waals surface area contributed by atoms with Crippen molar-refractivity contribution in [1.29, 1.82) is 0 Å². The average Bonchev–Trinajstić information content (AvgIpc) is 2.90. The lowest BCUT2D eigenvalue weighted by Gasteiger charge is -2.24. The van der Waals surface area contributed by atoms with Gasteiger partial charge in [-0.15, -0.1) is 0 Å². The van der Waals surface area contributed by atoms with Crippen LogP contribution < -0.4 is 10.2 Å². The van der Waals surface area contributed by atoms with Gasteiger partial charge in [0.1, 0.15) is 0 Å². The number of benzene rings is 2. The molecule has 0 radical (unpaired) electrons. The number of nitrogens with one attached hydrogen (secondary N) is 1. The molecule has 0 fully saturated rings. The molecule has 3 rings (SSSR count). The minimum absolute atomic E-state index is 0.0793. The van der Waals surface area contributed by atoms with E-state index in [1.807, 2.05) is 12.1 Å². The van der Waals surface area contributed by atoms with Crippen molar-refractivity contribution in [2.75, 3.05) is 23.9 Å². The maximum atomic E-state index is 12.4. The van der Waals surface area contributed by atoms with E-state index < -0.39 is 5.97 Å². The number of carbonyl (C=O) groups is 2.